The maximum absolute atomic E-state index is 12.6. The Bertz CT molecular complexity index is 304. The first-order chi connectivity index (χ1) is 6.63. The highest BCUT2D eigenvalue weighted by molar-refractivity contribution is 5.52. The van der Waals surface area contributed by atoms with Crippen molar-refractivity contribution in [3.63, 3.8) is 0 Å². The standard InChI is InChI=1S/C10H14FNO2/c1-7(5-13)6-14-10-3-2-8(11)4-9(10)12/h2-4,7,13H,5-6,12H2,1H3. The van der Waals surface area contributed by atoms with Crippen molar-refractivity contribution in [1.29, 1.82) is 0 Å². The van der Waals surface area contributed by atoms with Crippen LogP contribution in [0.25, 0.3) is 0 Å². The summed E-state index contributed by atoms with van der Waals surface area (Å²) in [6.45, 7) is 2.27. The zero-order chi connectivity index (χ0) is 10.6. The van der Waals surface area contributed by atoms with Crippen LogP contribution >= 0.6 is 0 Å². The van der Waals surface area contributed by atoms with Gasteiger partial charge in [-0.15, -0.1) is 0 Å². The molecule has 0 saturated heterocycles. The Morgan fingerprint density at radius 2 is 2.29 bits per heavy atom. The molecule has 1 aromatic carbocycles. The Hall–Kier alpha value is -1.29. The lowest BCUT2D eigenvalue weighted by atomic mass is 10.2. The molecule has 1 aromatic rings. The summed E-state index contributed by atoms with van der Waals surface area (Å²) in [4.78, 5) is 0. The monoisotopic (exact) mass is 199 g/mol. The van der Waals surface area contributed by atoms with Gasteiger partial charge in [0, 0.05) is 18.6 Å². The highest BCUT2D eigenvalue weighted by Crippen LogP contribution is 2.22. The van der Waals surface area contributed by atoms with Gasteiger partial charge in [-0.1, -0.05) is 6.92 Å². The van der Waals surface area contributed by atoms with Crippen LogP contribution in [0.15, 0.2) is 18.2 Å². The molecule has 0 heterocycles. The van der Waals surface area contributed by atoms with Gasteiger partial charge in [0.05, 0.1) is 12.3 Å². The molecule has 3 N–H and O–H groups in total. The summed E-state index contributed by atoms with van der Waals surface area (Å²) in [5.74, 6) is 0.108. The minimum atomic E-state index is -0.384. The molecule has 1 rings (SSSR count). The van der Waals surface area contributed by atoms with E-state index in [-0.39, 0.29) is 24.0 Å². The Labute approximate surface area is 82.3 Å². The third-order valence-electron chi connectivity index (χ3n) is 1.81. The Balaban J connectivity index is 2.59. The molecule has 0 aliphatic heterocycles. The minimum absolute atomic E-state index is 0.0412. The van der Waals surface area contributed by atoms with Crippen LogP contribution in [0.5, 0.6) is 5.75 Å². The highest BCUT2D eigenvalue weighted by Gasteiger charge is 2.04. The molecule has 3 nitrogen and oxygen atoms in total. The summed E-state index contributed by atoms with van der Waals surface area (Å²) in [5, 5.41) is 8.75. The molecule has 78 valence electrons. The van der Waals surface area contributed by atoms with Crippen molar-refractivity contribution >= 4 is 5.69 Å². The van der Waals surface area contributed by atoms with Gasteiger partial charge in [-0.3, -0.25) is 0 Å². The maximum Gasteiger partial charge on any atom is 0.142 e. The molecule has 14 heavy (non-hydrogen) atoms. The van der Waals surface area contributed by atoms with Crippen LogP contribution in [0.1, 0.15) is 6.92 Å². The molecule has 0 radical (unpaired) electrons. The molecule has 0 aromatic heterocycles. The van der Waals surface area contributed by atoms with E-state index in [1.807, 2.05) is 6.92 Å². The predicted octanol–water partition coefficient (Wildman–Crippen LogP) is 1.42. The topological polar surface area (TPSA) is 55.5 Å². The number of hydrogen-bond acceptors (Lipinski definition) is 3. The smallest absolute Gasteiger partial charge is 0.142 e. The number of ether oxygens (including phenoxy) is 1. The first kappa shape index (κ1) is 10.8. The summed E-state index contributed by atoms with van der Waals surface area (Å²) < 4.78 is 17.9. The summed E-state index contributed by atoms with van der Waals surface area (Å²) in [6, 6.07) is 3.98. The fraction of sp³-hybridized carbons (Fsp3) is 0.400. The van der Waals surface area contributed by atoms with Crippen molar-refractivity contribution in [2.75, 3.05) is 18.9 Å². The lowest BCUT2D eigenvalue weighted by Crippen LogP contribution is -2.12. The summed E-state index contributed by atoms with van der Waals surface area (Å²) >= 11 is 0. The number of benzene rings is 1. The highest BCUT2D eigenvalue weighted by atomic mass is 19.1. The van der Waals surface area contributed by atoms with Gasteiger partial charge in [0.2, 0.25) is 0 Å². The predicted molar refractivity (Wildman–Crippen MR) is 52.6 cm³/mol. The summed E-state index contributed by atoms with van der Waals surface area (Å²) in [7, 11) is 0. The summed E-state index contributed by atoms with van der Waals surface area (Å²) in [6.07, 6.45) is 0. The zero-order valence-electron chi connectivity index (χ0n) is 8.03. The van der Waals surface area contributed by atoms with Gasteiger partial charge >= 0.3 is 0 Å². The van der Waals surface area contributed by atoms with Crippen LogP contribution in [0.3, 0.4) is 0 Å². The number of nitrogens with two attached hydrogens (primary N) is 1. The molecule has 0 saturated carbocycles. The largest absolute Gasteiger partial charge is 0.491 e. The third-order valence-corrected chi connectivity index (χ3v) is 1.81. The Morgan fingerprint density at radius 3 is 2.86 bits per heavy atom. The summed E-state index contributed by atoms with van der Waals surface area (Å²) in [5.41, 5.74) is 5.79. The first-order valence-corrected chi connectivity index (χ1v) is 4.42. The molecule has 0 bridgehead atoms. The molecule has 0 spiro atoms. The van der Waals surface area contributed by atoms with Crippen molar-refractivity contribution in [3.8, 4) is 5.75 Å². The minimum Gasteiger partial charge on any atom is -0.491 e. The van der Waals surface area contributed by atoms with E-state index in [1.54, 1.807) is 0 Å². The van der Waals surface area contributed by atoms with Crippen LogP contribution in [-0.4, -0.2) is 18.3 Å². The second-order valence-electron chi connectivity index (χ2n) is 3.28. The average molecular weight is 199 g/mol. The molecule has 1 unspecified atom stereocenters. The van der Waals surface area contributed by atoms with Crippen molar-refractivity contribution in [3.05, 3.63) is 24.0 Å². The maximum atomic E-state index is 12.6. The SMILES string of the molecule is CC(CO)COc1ccc(F)cc1N. The van der Waals surface area contributed by atoms with Gasteiger partial charge in [-0.25, -0.2) is 4.39 Å². The number of aliphatic hydroxyl groups excluding tert-OH is 1. The van der Waals surface area contributed by atoms with Crippen LogP contribution in [-0.2, 0) is 0 Å². The van der Waals surface area contributed by atoms with Crippen molar-refractivity contribution < 1.29 is 14.2 Å². The fourth-order valence-corrected chi connectivity index (χ4v) is 0.936. The first-order valence-electron chi connectivity index (χ1n) is 4.42. The number of hydrogen-bond donors (Lipinski definition) is 2. The van der Waals surface area contributed by atoms with Gasteiger partial charge in [0.25, 0.3) is 0 Å². The molecular weight excluding hydrogens is 185 g/mol. The number of anilines is 1. The van der Waals surface area contributed by atoms with E-state index in [1.165, 1.54) is 18.2 Å². The zero-order valence-corrected chi connectivity index (χ0v) is 8.03. The van der Waals surface area contributed by atoms with Crippen LogP contribution in [0, 0.1) is 11.7 Å². The molecule has 1 atom stereocenters. The quantitative estimate of drug-likeness (QED) is 0.721. The van der Waals surface area contributed by atoms with E-state index in [0.717, 1.165) is 0 Å². The second kappa shape index (κ2) is 4.81. The molecular formula is C10H14FNO2. The Kier molecular flexibility index (Phi) is 3.71. The second-order valence-corrected chi connectivity index (χ2v) is 3.28. The lowest BCUT2D eigenvalue weighted by Gasteiger charge is -2.11. The third kappa shape index (κ3) is 2.88. The number of rotatable bonds is 4. The van der Waals surface area contributed by atoms with Crippen LogP contribution in [0.4, 0.5) is 10.1 Å². The van der Waals surface area contributed by atoms with Crippen LogP contribution < -0.4 is 10.5 Å². The van der Waals surface area contributed by atoms with Gasteiger partial charge in [0.15, 0.2) is 0 Å². The molecule has 0 fully saturated rings. The van der Waals surface area contributed by atoms with Crippen molar-refractivity contribution in [2.45, 2.75) is 6.92 Å². The van der Waals surface area contributed by atoms with Gasteiger partial charge < -0.3 is 15.6 Å². The number of nitrogen functional groups attached to an aromatic ring is 1. The molecule has 4 heteroatoms. The van der Waals surface area contributed by atoms with Crippen molar-refractivity contribution in [2.24, 2.45) is 5.92 Å². The average Bonchev–Trinajstić information content (AvgIpc) is 2.16. The number of halogens is 1. The molecule has 0 aliphatic carbocycles. The number of aliphatic hydroxyl groups is 1. The van der Waals surface area contributed by atoms with Gasteiger partial charge in [-0.2, -0.15) is 0 Å². The van der Waals surface area contributed by atoms with E-state index in [4.69, 9.17) is 15.6 Å². The fourth-order valence-electron chi connectivity index (χ4n) is 0.936. The van der Waals surface area contributed by atoms with E-state index in [9.17, 15) is 4.39 Å². The molecule has 0 aliphatic rings. The van der Waals surface area contributed by atoms with Gasteiger partial charge in [0.1, 0.15) is 11.6 Å². The van der Waals surface area contributed by atoms with Gasteiger partial charge in [-0.05, 0) is 12.1 Å². The lowest BCUT2D eigenvalue weighted by molar-refractivity contribution is 0.175. The van der Waals surface area contributed by atoms with E-state index in [2.05, 4.69) is 0 Å². The van der Waals surface area contributed by atoms with Crippen molar-refractivity contribution in [1.82, 2.24) is 0 Å². The Morgan fingerprint density at radius 1 is 1.57 bits per heavy atom. The van der Waals surface area contributed by atoms with Crippen LogP contribution in [0.2, 0.25) is 0 Å². The van der Waals surface area contributed by atoms with E-state index >= 15 is 0 Å². The van der Waals surface area contributed by atoms with E-state index < -0.39 is 0 Å². The van der Waals surface area contributed by atoms with E-state index in [0.29, 0.717) is 12.4 Å². The normalized spacial score (nSPS) is 12.5. The molecule has 0 amide bonds.